The molecule has 0 radical (unpaired) electrons. The summed E-state index contributed by atoms with van der Waals surface area (Å²) >= 11 is 29.6. The minimum atomic E-state index is -2.86. The molecule has 8 heteroatoms. The van der Waals surface area contributed by atoms with Crippen molar-refractivity contribution >= 4 is 58.0 Å². The second-order valence-electron chi connectivity index (χ2n) is 3.98. The molecule has 0 bridgehead atoms. The van der Waals surface area contributed by atoms with Crippen LogP contribution in [0.1, 0.15) is 12.0 Å². The first-order valence-corrected chi connectivity index (χ1v) is 7.24. The molecule has 2 aromatic carbocycles. The average molecular weight is 394 g/mol. The van der Waals surface area contributed by atoms with Gasteiger partial charge in [0.05, 0.1) is 25.1 Å². The van der Waals surface area contributed by atoms with Gasteiger partial charge in [-0.15, -0.1) is 0 Å². The van der Waals surface area contributed by atoms with Crippen LogP contribution in [0, 0.1) is 5.82 Å². The van der Waals surface area contributed by atoms with E-state index in [4.69, 9.17) is 58.0 Å². The summed E-state index contributed by atoms with van der Waals surface area (Å²) in [5, 5.41) is -0.751. The highest BCUT2D eigenvalue weighted by atomic mass is 35.5. The van der Waals surface area contributed by atoms with Crippen LogP contribution in [0.25, 0.3) is 11.1 Å². The van der Waals surface area contributed by atoms with Gasteiger partial charge in [-0.1, -0.05) is 58.0 Å². The van der Waals surface area contributed by atoms with Crippen molar-refractivity contribution in [3.05, 3.63) is 54.7 Å². The van der Waals surface area contributed by atoms with Crippen LogP contribution in [0.2, 0.25) is 25.1 Å². The fourth-order valence-electron chi connectivity index (χ4n) is 1.78. The Morgan fingerprint density at radius 2 is 1.24 bits per heavy atom. The summed E-state index contributed by atoms with van der Waals surface area (Å²) in [7, 11) is 0. The first kappa shape index (κ1) is 17.0. The topological polar surface area (TPSA) is 0 Å². The lowest BCUT2D eigenvalue weighted by Gasteiger charge is -2.15. The molecule has 0 nitrogen and oxygen atoms in total. The Kier molecular flexibility index (Phi) is 5.22. The van der Waals surface area contributed by atoms with Gasteiger partial charge in [-0.3, -0.25) is 0 Å². The third-order valence-electron chi connectivity index (χ3n) is 2.73. The van der Waals surface area contributed by atoms with E-state index >= 15 is 0 Å². The normalized spacial score (nSPS) is 11.3. The predicted octanol–water partition coefficient (Wildman–Crippen LogP) is 7.70. The second kappa shape index (κ2) is 6.43. The van der Waals surface area contributed by atoms with Crippen molar-refractivity contribution in [2.75, 3.05) is 0 Å². The highest BCUT2D eigenvalue weighted by Crippen LogP contribution is 2.49. The molecule has 0 amide bonds. The molecule has 112 valence electrons. The molecule has 2 aromatic rings. The van der Waals surface area contributed by atoms with Crippen molar-refractivity contribution in [3.8, 4) is 11.1 Å². The van der Waals surface area contributed by atoms with Crippen molar-refractivity contribution in [2.24, 2.45) is 0 Å². The molecule has 0 spiro atoms. The monoisotopic (exact) mass is 392 g/mol. The van der Waals surface area contributed by atoms with E-state index in [0.29, 0.717) is 0 Å². The Morgan fingerprint density at radius 1 is 0.762 bits per heavy atom. The van der Waals surface area contributed by atoms with Gasteiger partial charge >= 0.3 is 0 Å². The fourth-order valence-corrected chi connectivity index (χ4v) is 3.12. The lowest BCUT2D eigenvalue weighted by molar-refractivity contribution is 0.152. The molecule has 2 rings (SSSR count). The Morgan fingerprint density at radius 3 is 1.71 bits per heavy atom. The van der Waals surface area contributed by atoms with E-state index in [1.54, 1.807) is 0 Å². The number of alkyl halides is 2. The van der Waals surface area contributed by atoms with Crippen molar-refractivity contribution in [1.82, 2.24) is 0 Å². The van der Waals surface area contributed by atoms with Crippen molar-refractivity contribution in [1.29, 1.82) is 0 Å². The number of rotatable bonds is 2. The summed E-state index contributed by atoms with van der Waals surface area (Å²) in [6.45, 7) is 0. The van der Waals surface area contributed by atoms with Gasteiger partial charge in [0.15, 0.2) is 0 Å². The van der Waals surface area contributed by atoms with E-state index in [1.165, 1.54) is 0 Å². The van der Waals surface area contributed by atoms with Crippen molar-refractivity contribution < 1.29 is 13.2 Å². The van der Waals surface area contributed by atoms with Gasteiger partial charge in [-0.05, 0) is 23.8 Å². The van der Waals surface area contributed by atoms with E-state index in [1.807, 2.05) is 0 Å². The Labute approximate surface area is 143 Å². The minimum Gasteiger partial charge on any atom is -0.207 e. The van der Waals surface area contributed by atoms with E-state index < -0.39 is 17.8 Å². The van der Waals surface area contributed by atoms with Gasteiger partial charge in [0.25, 0.3) is 6.43 Å². The first-order chi connectivity index (χ1) is 9.75. The summed E-state index contributed by atoms with van der Waals surface area (Å²) in [5.74, 6) is -0.733. The van der Waals surface area contributed by atoms with Gasteiger partial charge in [0.1, 0.15) is 5.82 Å². The van der Waals surface area contributed by atoms with Crippen LogP contribution in [0.5, 0.6) is 0 Å². The van der Waals surface area contributed by atoms with Gasteiger partial charge < -0.3 is 0 Å². The predicted molar refractivity (Wildman–Crippen MR) is 81.8 cm³/mol. The van der Waals surface area contributed by atoms with Crippen LogP contribution < -0.4 is 0 Å². The summed E-state index contributed by atoms with van der Waals surface area (Å²) in [4.78, 5) is 0. The number of hydrogen-bond donors (Lipinski definition) is 0. The van der Waals surface area contributed by atoms with Crippen LogP contribution in [-0.4, -0.2) is 0 Å². The Balaban J connectivity index is 2.88. The van der Waals surface area contributed by atoms with Crippen LogP contribution in [-0.2, 0) is 0 Å². The van der Waals surface area contributed by atoms with Crippen LogP contribution >= 0.6 is 58.0 Å². The van der Waals surface area contributed by atoms with Gasteiger partial charge in [0.2, 0.25) is 0 Å². The lowest BCUT2D eigenvalue weighted by Crippen LogP contribution is -1.95. The minimum absolute atomic E-state index is 0.0902. The third-order valence-corrected chi connectivity index (χ3v) is 5.01. The van der Waals surface area contributed by atoms with E-state index in [-0.39, 0.29) is 36.2 Å². The number of benzene rings is 2. The molecule has 0 aliphatic heterocycles. The maximum absolute atomic E-state index is 13.4. The molecule has 0 aliphatic rings. The van der Waals surface area contributed by atoms with Crippen molar-refractivity contribution in [2.45, 2.75) is 6.43 Å². The van der Waals surface area contributed by atoms with Crippen LogP contribution in [0.3, 0.4) is 0 Å². The highest BCUT2D eigenvalue weighted by molar-refractivity contribution is 6.56. The molecule has 0 saturated carbocycles. The molecule has 0 aromatic heterocycles. The average Bonchev–Trinajstić information content (AvgIpc) is 2.43. The zero-order valence-electron chi connectivity index (χ0n) is 9.83. The summed E-state index contributed by atoms with van der Waals surface area (Å²) < 4.78 is 39.6. The van der Waals surface area contributed by atoms with E-state index in [9.17, 15) is 13.2 Å². The SMILES string of the molecule is Fc1ccc(C(F)F)c(-c2c(Cl)c(Cl)c(Cl)c(Cl)c2Cl)c1. The maximum Gasteiger partial charge on any atom is 0.264 e. The highest BCUT2D eigenvalue weighted by Gasteiger charge is 2.24. The Hall–Kier alpha value is -0.320. The molecule has 0 heterocycles. The number of hydrogen-bond acceptors (Lipinski definition) is 0. The van der Waals surface area contributed by atoms with E-state index in [0.717, 1.165) is 18.2 Å². The smallest absolute Gasteiger partial charge is 0.207 e. The molecular formula is C13H4Cl5F3. The zero-order valence-corrected chi connectivity index (χ0v) is 13.6. The maximum atomic E-state index is 13.4. The summed E-state index contributed by atoms with van der Waals surface area (Å²) in [6, 6.07) is 2.74. The third kappa shape index (κ3) is 3.08. The zero-order chi connectivity index (χ0) is 15.9. The van der Waals surface area contributed by atoms with Crippen LogP contribution in [0.4, 0.5) is 13.2 Å². The molecule has 0 fully saturated rings. The number of halogens is 8. The summed E-state index contributed by atoms with van der Waals surface area (Å²) in [6.07, 6.45) is -2.86. The lowest BCUT2D eigenvalue weighted by atomic mass is 9.99. The van der Waals surface area contributed by atoms with Gasteiger partial charge in [-0.25, -0.2) is 13.2 Å². The standard InChI is InChI=1S/C13H4Cl5F3/c14-8-7(9(15)11(17)12(18)10(8)16)6-3-4(19)1-2-5(6)13(20)21/h1-3,13H. The summed E-state index contributed by atoms with van der Waals surface area (Å²) in [5.41, 5.74) is -0.734. The molecule has 0 saturated heterocycles. The van der Waals surface area contributed by atoms with Gasteiger partial charge in [-0.2, -0.15) is 0 Å². The molecular weight excluding hydrogens is 390 g/mol. The molecule has 0 N–H and O–H groups in total. The van der Waals surface area contributed by atoms with Crippen LogP contribution in [0.15, 0.2) is 18.2 Å². The van der Waals surface area contributed by atoms with E-state index in [2.05, 4.69) is 0 Å². The molecule has 0 aliphatic carbocycles. The molecule has 0 unspecified atom stereocenters. The molecule has 21 heavy (non-hydrogen) atoms. The Bertz CT molecular complexity index is 686. The second-order valence-corrected chi connectivity index (χ2v) is 5.87. The van der Waals surface area contributed by atoms with Crippen molar-refractivity contribution in [3.63, 3.8) is 0 Å². The quantitative estimate of drug-likeness (QED) is 0.362. The fraction of sp³-hybridized carbons (Fsp3) is 0.0769. The molecule has 0 atom stereocenters. The largest absolute Gasteiger partial charge is 0.264 e. The van der Waals surface area contributed by atoms with Gasteiger partial charge in [0, 0.05) is 11.1 Å². The first-order valence-electron chi connectivity index (χ1n) is 5.35.